The maximum absolute atomic E-state index is 15.4. The molecule has 2 bridgehead atoms. The van der Waals surface area contributed by atoms with Gasteiger partial charge in [0, 0.05) is 56.8 Å². The van der Waals surface area contributed by atoms with E-state index >= 15 is 4.79 Å². The van der Waals surface area contributed by atoms with E-state index in [4.69, 9.17) is 32.8 Å². The summed E-state index contributed by atoms with van der Waals surface area (Å²) in [5, 5.41) is 12.3. The molecule has 13 nitrogen and oxygen atoms in total. The number of aliphatic hydroxyl groups is 1. The highest BCUT2D eigenvalue weighted by Crippen LogP contribution is 2.83. The van der Waals surface area contributed by atoms with Gasteiger partial charge in [-0.2, -0.15) is 0 Å². The molecule has 2 aliphatic heterocycles. The second-order valence-corrected chi connectivity index (χ2v) is 15.0. The fourth-order valence-corrected chi connectivity index (χ4v) is 11.6. The molecule has 0 amide bonds. The number of hydrogen-bond acceptors (Lipinski definition) is 13. The first-order chi connectivity index (χ1) is 22.0. The maximum Gasteiger partial charge on any atom is 0.304 e. The highest BCUT2D eigenvalue weighted by atomic mass is 16.7. The van der Waals surface area contributed by atoms with Gasteiger partial charge in [-0.05, 0) is 37.3 Å². The van der Waals surface area contributed by atoms with Crippen molar-refractivity contribution >= 4 is 29.7 Å². The van der Waals surface area contributed by atoms with Crippen molar-refractivity contribution in [3.05, 3.63) is 24.2 Å². The fraction of sp³-hybridized carbons (Fsp3) is 0.735. The number of furan rings is 1. The Morgan fingerprint density at radius 1 is 0.851 bits per heavy atom. The van der Waals surface area contributed by atoms with Crippen LogP contribution >= 0.6 is 0 Å². The molecule has 1 N–H and O–H groups in total. The van der Waals surface area contributed by atoms with Crippen molar-refractivity contribution in [3.8, 4) is 0 Å². The second kappa shape index (κ2) is 10.1. The van der Waals surface area contributed by atoms with E-state index in [1.165, 1.54) is 27.7 Å². The molecule has 47 heavy (non-hydrogen) atoms. The summed E-state index contributed by atoms with van der Waals surface area (Å²) in [4.78, 5) is 65.8. The lowest BCUT2D eigenvalue weighted by Gasteiger charge is -2.73. The maximum atomic E-state index is 15.4. The van der Waals surface area contributed by atoms with Gasteiger partial charge in [-0.25, -0.2) is 0 Å². The van der Waals surface area contributed by atoms with Crippen molar-refractivity contribution in [3.63, 3.8) is 0 Å². The van der Waals surface area contributed by atoms with Crippen molar-refractivity contribution < 1.29 is 61.9 Å². The number of carbonyl (C=O) groups is 5. The molecule has 0 aromatic carbocycles. The van der Waals surface area contributed by atoms with Gasteiger partial charge in [-0.3, -0.25) is 24.0 Å². The molecule has 4 saturated carbocycles. The van der Waals surface area contributed by atoms with Crippen molar-refractivity contribution in [1.82, 2.24) is 0 Å². The molecule has 256 valence electrons. The van der Waals surface area contributed by atoms with E-state index in [0.717, 1.165) is 5.56 Å². The van der Waals surface area contributed by atoms with E-state index < -0.39 is 106 Å². The molecule has 1 aromatic rings. The average molecular weight is 659 g/mol. The van der Waals surface area contributed by atoms with Crippen LogP contribution in [0.1, 0.15) is 79.2 Å². The van der Waals surface area contributed by atoms with E-state index in [1.54, 1.807) is 19.5 Å². The summed E-state index contributed by atoms with van der Waals surface area (Å²) in [7, 11) is 0. The summed E-state index contributed by atoms with van der Waals surface area (Å²) in [6.45, 7) is 10.4. The Kier molecular flexibility index (Phi) is 6.94. The van der Waals surface area contributed by atoms with Gasteiger partial charge in [-0.15, -0.1) is 0 Å². The van der Waals surface area contributed by atoms with Crippen molar-refractivity contribution in [1.29, 1.82) is 0 Å². The zero-order valence-corrected chi connectivity index (χ0v) is 27.6. The van der Waals surface area contributed by atoms with Crippen molar-refractivity contribution in [2.75, 3.05) is 6.61 Å². The number of ether oxygens (including phenoxy) is 6. The monoisotopic (exact) mass is 658 g/mol. The number of hydrogen-bond donors (Lipinski definition) is 1. The first-order valence-corrected chi connectivity index (χ1v) is 16.2. The Balaban J connectivity index is 1.47. The number of aliphatic hydroxyl groups excluding tert-OH is 1. The standard InChI is InChI=1S/C34H42O13/c1-15(35)43-23-12-22(39)33-14-42-29(46-18(4)38)30(23,5)21(33)11-24(44-16(2)36)32(7)27(33)26(40)28(45-17(3)37)31(6)20(19-8-9-41-13-19)10-25-34(31,32)47-25/h8-9,13,20-25,27-29,39H,10-12,14H2,1-7H3/t20-,21-,22-,23+,24+,25+,27-,28-,29-,30+,31+,32+,33+,34+/m0/s1. The molecule has 4 aliphatic carbocycles. The topological polar surface area (TPSA) is 177 Å². The molecule has 2 saturated heterocycles. The van der Waals surface area contributed by atoms with Crippen LogP contribution in [-0.4, -0.2) is 83.8 Å². The molecular weight excluding hydrogens is 616 g/mol. The van der Waals surface area contributed by atoms with Gasteiger partial charge in [0.05, 0.1) is 42.2 Å². The Bertz CT molecular complexity index is 1540. The van der Waals surface area contributed by atoms with Crippen molar-refractivity contribution in [2.45, 2.75) is 116 Å². The van der Waals surface area contributed by atoms with Crippen LogP contribution in [0.2, 0.25) is 0 Å². The van der Waals surface area contributed by atoms with Crippen LogP contribution in [0.5, 0.6) is 0 Å². The number of fused-ring (bicyclic) bond motifs is 1. The number of esters is 4. The quantitative estimate of drug-likeness (QED) is 0.278. The Morgan fingerprint density at radius 3 is 2.09 bits per heavy atom. The van der Waals surface area contributed by atoms with Gasteiger partial charge in [0.2, 0.25) is 6.29 Å². The number of Topliss-reactive ketones (excluding diaryl/α,β-unsaturated/α-hetero) is 1. The number of epoxide rings is 1. The number of rotatable bonds is 5. The highest BCUT2D eigenvalue weighted by Gasteiger charge is 2.93. The lowest BCUT2D eigenvalue weighted by Crippen LogP contribution is -2.82. The first-order valence-electron chi connectivity index (χ1n) is 16.2. The third-order valence-electron chi connectivity index (χ3n) is 13.1. The van der Waals surface area contributed by atoms with Crippen LogP contribution in [0.15, 0.2) is 23.0 Å². The number of ketones is 1. The molecule has 1 aromatic heterocycles. The van der Waals surface area contributed by atoms with Crippen LogP contribution in [0.3, 0.4) is 0 Å². The van der Waals surface area contributed by atoms with Crippen LogP contribution in [0.25, 0.3) is 0 Å². The minimum absolute atomic E-state index is 0.0732. The number of carbonyl (C=O) groups excluding carboxylic acids is 5. The van der Waals surface area contributed by atoms with Gasteiger partial charge >= 0.3 is 23.9 Å². The lowest BCUT2D eigenvalue weighted by atomic mass is 9.33. The summed E-state index contributed by atoms with van der Waals surface area (Å²) >= 11 is 0. The lowest BCUT2D eigenvalue weighted by molar-refractivity contribution is -0.374. The van der Waals surface area contributed by atoms with E-state index in [2.05, 4.69) is 0 Å². The molecule has 3 heterocycles. The molecule has 6 fully saturated rings. The molecule has 0 radical (unpaired) electrons. The van der Waals surface area contributed by atoms with Crippen LogP contribution in [0.4, 0.5) is 0 Å². The Morgan fingerprint density at radius 2 is 1.49 bits per heavy atom. The van der Waals surface area contributed by atoms with E-state index in [0.29, 0.717) is 6.42 Å². The molecule has 0 unspecified atom stereocenters. The van der Waals surface area contributed by atoms with Crippen LogP contribution in [0, 0.1) is 33.5 Å². The van der Waals surface area contributed by atoms with Gasteiger partial charge in [0.1, 0.15) is 17.8 Å². The zero-order chi connectivity index (χ0) is 34.1. The summed E-state index contributed by atoms with van der Waals surface area (Å²) in [5.74, 6) is -5.06. The minimum atomic E-state index is -1.36. The first kappa shape index (κ1) is 32.3. The molecule has 7 rings (SSSR count). The Hall–Kier alpha value is -3.29. The fourth-order valence-electron chi connectivity index (χ4n) is 11.6. The third-order valence-corrected chi connectivity index (χ3v) is 13.1. The predicted octanol–water partition coefficient (Wildman–Crippen LogP) is 2.61. The van der Waals surface area contributed by atoms with E-state index in [-0.39, 0.29) is 25.4 Å². The summed E-state index contributed by atoms with van der Waals surface area (Å²) in [6.07, 6.45) is -2.35. The average Bonchev–Trinajstić information content (AvgIpc) is 3.33. The van der Waals surface area contributed by atoms with E-state index in [9.17, 15) is 24.3 Å². The molecular formula is C34H42O13. The smallest absolute Gasteiger partial charge is 0.304 e. The van der Waals surface area contributed by atoms with Crippen molar-refractivity contribution in [2.24, 2.45) is 33.5 Å². The molecule has 6 aliphatic rings. The third kappa shape index (κ3) is 3.79. The molecule has 1 spiro atoms. The van der Waals surface area contributed by atoms with Crippen LogP contribution in [-0.2, 0) is 52.4 Å². The van der Waals surface area contributed by atoms with Gasteiger partial charge < -0.3 is 37.9 Å². The predicted molar refractivity (Wildman–Crippen MR) is 156 cm³/mol. The summed E-state index contributed by atoms with van der Waals surface area (Å²) in [6, 6.07) is 1.83. The van der Waals surface area contributed by atoms with Gasteiger partial charge in [-0.1, -0.05) is 13.8 Å². The largest absolute Gasteiger partial charge is 0.472 e. The molecule has 14 atom stereocenters. The Labute approximate surface area is 271 Å². The second-order valence-electron chi connectivity index (χ2n) is 15.0. The normalized spacial score (nSPS) is 48.9. The van der Waals surface area contributed by atoms with E-state index in [1.807, 2.05) is 19.9 Å². The SMILES string of the molecule is CC(=O)O[C@@H]1OC[C@@]23[C@H]4C(=O)[C@H](OC(C)=O)[C@@]5(C)[C@H](c6ccoc6)C[C@H]6O[C@]65[C@]4(C)[C@H](OC(C)=O)C[C@H]2[C@]1(C)[C@H](OC(C)=O)C[C@@H]3O. The summed E-state index contributed by atoms with van der Waals surface area (Å²) < 4.78 is 42.2. The zero-order valence-electron chi connectivity index (χ0n) is 27.6. The highest BCUT2D eigenvalue weighted by molar-refractivity contribution is 5.93. The van der Waals surface area contributed by atoms with Crippen LogP contribution < -0.4 is 0 Å². The molecule has 13 heteroatoms. The minimum Gasteiger partial charge on any atom is -0.472 e. The van der Waals surface area contributed by atoms with Gasteiger partial charge in [0.25, 0.3) is 0 Å². The van der Waals surface area contributed by atoms with Gasteiger partial charge in [0.15, 0.2) is 11.9 Å². The summed E-state index contributed by atoms with van der Waals surface area (Å²) in [5.41, 5.74) is -5.29.